The van der Waals surface area contributed by atoms with Gasteiger partial charge in [-0.15, -0.1) is 0 Å². The van der Waals surface area contributed by atoms with Gasteiger partial charge in [0.25, 0.3) is 0 Å². The molecule has 0 radical (unpaired) electrons. The van der Waals surface area contributed by atoms with E-state index in [-0.39, 0.29) is 0 Å². The third-order valence-corrected chi connectivity index (χ3v) is 6.61. The number of rotatable bonds is 8. The Labute approximate surface area is 177 Å². The predicted molar refractivity (Wildman–Crippen MR) is 124 cm³/mol. The number of hydrogen-bond acceptors (Lipinski definition) is 4. The average Bonchev–Trinajstić information content (AvgIpc) is 3.37. The summed E-state index contributed by atoms with van der Waals surface area (Å²) in [6.07, 6.45) is 9.22. The van der Waals surface area contributed by atoms with Crippen LogP contribution < -0.4 is 0 Å². The Hall–Kier alpha value is -3.03. The van der Waals surface area contributed by atoms with Gasteiger partial charge in [-0.3, -0.25) is 4.98 Å². The van der Waals surface area contributed by atoms with Gasteiger partial charge in [0.05, 0.1) is 11.7 Å². The lowest BCUT2D eigenvalue weighted by Crippen LogP contribution is -2.22. The van der Waals surface area contributed by atoms with Crippen LogP contribution in [0.5, 0.6) is 0 Å². The molecule has 0 aliphatic rings. The van der Waals surface area contributed by atoms with Crippen LogP contribution in [0.1, 0.15) is 5.69 Å². The summed E-state index contributed by atoms with van der Waals surface area (Å²) in [6, 6.07) is 15.4. The molecular formula is C23H27N5OSi. The molecule has 0 atom stereocenters. The highest BCUT2D eigenvalue weighted by atomic mass is 28.3. The fraction of sp³-hybridized carbons (Fsp3) is 0.261. The second-order valence-electron chi connectivity index (χ2n) is 8.51. The van der Waals surface area contributed by atoms with Gasteiger partial charge in [-0.1, -0.05) is 25.7 Å². The van der Waals surface area contributed by atoms with E-state index in [1.807, 2.05) is 53.7 Å². The Morgan fingerprint density at radius 2 is 1.80 bits per heavy atom. The summed E-state index contributed by atoms with van der Waals surface area (Å²) in [5, 5.41) is 10.3. The molecule has 3 aromatic heterocycles. The molecule has 0 saturated carbocycles. The standard InChI is InChI=1S/C23H27N5OSi/c1-30(2,3)15-14-29-18-28-23-16-20(19-8-10-24-11-9-19)6-7-21(23)22(26-28)17-25-27-12-4-5-13-27/h4-13,16-17H,14-15,18H2,1-3H3. The average molecular weight is 418 g/mol. The summed E-state index contributed by atoms with van der Waals surface area (Å²) in [5.74, 6) is 0. The molecule has 4 rings (SSSR count). The quantitative estimate of drug-likeness (QED) is 0.228. The monoisotopic (exact) mass is 417 g/mol. The molecule has 0 N–H and O–H groups in total. The second-order valence-corrected chi connectivity index (χ2v) is 14.1. The van der Waals surface area contributed by atoms with Gasteiger partial charge >= 0.3 is 0 Å². The number of nitrogens with zero attached hydrogens (tertiary/aromatic N) is 5. The Morgan fingerprint density at radius 1 is 1.03 bits per heavy atom. The van der Waals surface area contributed by atoms with Gasteiger partial charge in [-0.2, -0.15) is 10.2 Å². The molecule has 0 bridgehead atoms. The van der Waals surface area contributed by atoms with Crippen molar-refractivity contribution in [2.45, 2.75) is 32.4 Å². The molecule has 0 aliphatic heterocycles. The number of fused-ring (bicyclic) bond motifs is 1. The normalized spacial score (nSPS) is 12.2. The molecule has 0 saturated heterocycles. The zero-order chi connectivity index (χ0) is 21.0. The molecule has 0 amide bonds. The van der Waals surface area contributed by atoms with Crippen LogP contribution in [0, 0.1) is 0 Å². The summed E-state index contributed by atoms with van der Waals surface area (Å²) < 4.78 is 9.68. The fourth-order valence-corrected chi connectivity index (χ4v) is 3.93. The van der Waals surface area contributed by atoms with Crippen LogP contribution in [-0.2, 0) is 11.5 Å². The van der Waals surface area contributed by atoms with Gasteiger partial charge in [0.2, 0.25) is 0 Å². The maximum Gasteiger partial charge on any atom is 0.140 e. The van der Waals surface area contributed by atoms with E-state index in [9.17, 15) is 0 Å². The maximum absolute atomic E-state index is 5.99. The Kier molecular flexibility index (Phi) is 5.92. The van der Waals surface area contributed by atoms with E-state index in [1.54, 1.807) is 10.9 Å². The molecule has 30 heavy (non-hydrogen) atoms. The highest BCUT2D eigenvalue weighted by Gasteiger charge is 2.14. The van der Waals surface area contributed by atoms with Crippen molar-refractivity contribution in [2.24, 2.45) is 5.10 Å². The Morgan fingerprint density at radius 3 is 2.53 bits per heavy atom. The van der Waals surface area contributed by atoms with Gasteiger partial charge in [0.1, 0.15) is 12.4 Å². The first kappa shape index (κ1) is 20.2. The molecule has 0 aliphatic carbocycles. The lowest BCUT2D eigenvalue weighted by atomic mass is 10.0. The first-order valence-corrected chi connectivity index (χ1v) is 13.9. The van der Waals surface area contributed by atoms with Crippen LogP contribution in [0.15, 0.2) is 72.4 Å². The summed E-state index contributed by atoms with van der Waals surface area (Å²) >= 11 is 0. The number of benzene rings is 1. The number of ether oxygens (including phenoxy) is 1. The van der Waals surface area contributed by atoms with Gasteiger partial charge in [-0.05, 0) is 53.6 Å². The van der Waals surface area contributed by atoms with E-state index in [0.717, 1.165) is 40.4 Å². The number of aromatic nitrogens is 4. The molecule has 4 aromatic rings. The zero-order valence-corrected chi connectivity index (χ0v) is 18.7. The van der Waals surface area contributed by atoms with Crippen molar-refractivity contribution in [1.29, 1.82) is 0 Å². The highest BCUT2D eigenvalue weighted by Crippen LogP contribution is 2.26. The molecule has 6 nitrogen and oxygen atoms in total. The first-order valence-electron chi connectivity index (χ1n) is 10.2. The minimum Gasteiger partial charge on any atom is -0.360 e. The van der Waals surface area contributed by atoms with Crippen molar-refractivity contribution in [2.75, 3.05) is 6.61 Å². The smallest absolute Gasteiger partial charge is 0.140 e. The van der Waals surface area contributed by atoms with Crippen molar-refractivity contribution in [1.82, 2.24) is 19.4 Å². The van der Waals surface area contributed by atoms with Crippen molar-refractivity contribution < 1.29 is 4.74 Å². The van der Waals surface area contributed by atoms with E-state index >= 15 is 0 Å². The minimum absolute atomic E-state index is 0.429. The Bertz CT molecular complexity index is 1130. The van der Waals surface area contributed by atoms with Crippen LogP contribution >= 0.6 is 0 Å². The third kappa shape index (κ3) is 4.92. The van der Waals surface area contributed by atoms with Crippen LogP contribution in [0.3, 0.4) is 0 Å². The zero-order valence-electron chi connectivity index (χ0n) is 17.7. The van der Waals surface area contributed by atoms with Crippen molar-refractivity contribution in [3.63, 3.8) is 0 Å². The molecule has 0 unspecified atom stereocenters. The summed E-state index contributed by atoms with van der Waals surface area (Å²) in [7, 11) is -1.12. The van der Waals surface area contributed by atoms with Crippen molar-refractivity contribution >= 4 is 25.2 Å². The molecule has 1 aromatic carbocycles. The summed E-state index contributed by atoms with van der Waals surface area (Å²) in [5.41, 5.74) is 4.11. The van der Waals surface area contributed by atoms with Gasteiger partial charge < -0.3 is 4.74 Å². The van der Waals surface area contributed by atoms with Gasteiger partial charge in [-0.25, -0.2) is 9.36 Å². The number of hydrogen-bond donors (Lipinski definition) is 0. The maximum atomic E-state index is 5.99. The second kappa shape index (κ2) is 8.77. The third-order valence-electron chi connectivity index (χ3n) is 4.91. The van der Waals surface area contributed by atoms with E-state index in [0.29, 0.717) is 6.73 Å². The largest absolute Gasteiger partial charge is 0.360 e. The molecule has 3 heterocycles. The predicted octanol–water partition coefficient (Wildman–Crippen LogP) is 5.09. The summed E-state index contributed by atoms with van der Waals surface area (Å²) in [6.45, 7) is 8.26. The molecule has 7 heteroatoms. The summed E-state index contributed by atoms with van der Waals surface area (Å²) in [4.78, 5) is 4.12. The van der Waals surface area contributed by atoms with Crippen LogP contribution in [0.4, 0.5) is 0 Å². The van der Waals surface area contributed by atoms with E-state index in [2.05, 4.69) is 47.9 Å². The van der Waals surface area contributed by atoms with Crippen LogP contribution in [-0.4, -0.2) is 40.3 Å². The topological polar surface area (TPSA) is 57.2 Å². The molecule has 0 fully saturated rings. The van der Waals surface area contributed by atoms with Crippen LogP contribution in [0.25, 0.3) is 22.0 Å². The van der Waals surface area contributed by atoms with Gasteiger partial charge in [0, 0.05) is 44.9 Å². The Balaban J connectivity index is 1.66. The van der Waals surface area contributed by atoms with E-state index in [4.69, 9.17) is 9.84 Å². The molecule has 154 valence electrons. The lowest BCUT2D eigenvalue weighted by molar-refractivity contribution is 0.0816. The molecule has 0 spiro atoms. The first-order chi connectivity index (χ1) is 14.5. The molecular weight excluding hydrogens is 390 g/mol. The lowest BCUT2D eigenvalue weighted by Gasteiger charge is -2.15. The minimum atomic E-state index is -1.12. The fourth-order valence-electron chi connectivity index (χ4n) is 3.17. The number of pyridine rings is 1. The van der Waals surface area contributed by atoms with E-state index in [1.165, 1.54) is 0 Å². The van der Waals surface area contributed by atoms with E-state index < -0.39 is 8.07 Å². The van der Waals surface area contributed by atoms with Crippen LogP contribution in [0.2, 0.25) is 25.7 Å². The highest BCUT2D eigenvalue weighted by molar-refractivity contribution is 6.76. The SMILES string of the molecule is C[Si](C)(C)CCOCn1nc(C=Nn2cccc2)c2ccc(-c3ccncc3)cc21. The van der Waals surface area contributed by atoms with Crippen molar-refractivity contribution in [3.8, 4) is 11.1 Å². The van der Waals surface area contributed by atoms with Gasteiger partial charge in [0.15, 0.2) is 0 Å². The van der Waals surface area contributed by atoms with Crippen molar-refractivity contribution in [3.05, 3.63) is 72.9 Å².